The number of hydrogen-bond donors (Lipinski definition) is 1. The number of carbonyl (C=O) groups excluding carboxylic acids is 2. The SMILES string of the molecule is Cc1cccc(N(CC(=O)N(Cc2ccccc2)[C@H](C)C(=O)NC2CCCCC2)S(C)(=O)=O)c1C. The Morgan fingerprint density at radius 3 is 2.29 bits per heavy atom. The molecule has 0 aromatic heterocycles. The lowest BCUT2D eigenvalue weighted by Gasteiger charge is -2.33. The van der Waals surface area contributed by atoms with Gasteiger partial charge in [-0.25, -0.2) is 8.42 Å². The summed E-state index contributed by atoms with van der Waals surface area (Å²) >= 11 is 0. The minimum atomic E-state index is -3.74. The Morgan fingerprint density at radius 1 is 1.00 bits per heavy atom. The van der Waals surface area contributed by atoms with Crippen LogP contribution in [0.3, 0.4) is 0 Å². The molecule has 2 amide bonds. The minimum Gasteiger partial charge on any atom is -0.352 e. The summed E-state index contributed by atoms with van der Waals surface area (Å²) in [5.74, 6) is -0.634. The smallest absolute Gasteiger partial charge is 0.244 e. The molecule has 3 rings (SSSR count). The molecule has 7 nitrogen and oxygen atoms in total. The van der Waals surface area contributed by atoms with Crippen LogP contribution in [0.4, 0.5) is 5.69 Å². The molecule has 1 saturated carbocycles. The van der Waals surface area contributed by atoms with Crippen molar-refractivity contribution in [2.75, 3.05) is 17.1 Å². The normalized spacial score (nSPS) is 15.3. The third-order valence-corrected chi connectivity index (χ3v) is 7.96. The number of benzene rings is 2. The van der Waals surface area contributed by atoms with Crippen molar-refractivity contribution < 1.29 is 18.0 Å². The maximum absolute atomic E-state index is 13.7. The summed E-state index contributed by atoms with van der Waals surface area (Å²) in [6.45, 7) is 5.29. The van der Waals surface area contributed by atoms with Crippen LogP contribution in [0.5, 0.6) is 0 Å². The molecular formula is C27H37N3O4S. The molecule has 1 N–H and O–H groups in total. The number of nitrogens with one attached hydrogen (secondary N) is 1. The molecule has 0 unspecified atom stereocenters. The first-order valence-corrected chi connectivity index (χ1v) is 14.1. The van der Waals surface area contributed by atoms with Crippen LogP contribution < -0.4 is 9.62 Å². The largest absolute Gasteiger partial charge is 0.352 e. The zero-order valence-corrected chi connectivity index (χ0v) is 22.0. The predicted molar refractivity (Wildman–Crippen MR) is 140 cm³/mol. The molecule has 0 bridgehead atoms. The molecule has 0 radical (unpaired) electrons. The van der Waals surface area contributed by atoms with Gasteiger partial charge in [-0.2, -0.15) is 0 Å². The number of anilines is 1. The molecule has 0 saturated heterocycles. The van der Waals surface area contributed by atoms with E-state index in [9.17, 15) is 18.0 Å². The Balaban J connectivity index is 1.88. The van der Waals surface area contributed by atoms with E-state index in [1.807, 2.05) is 50.2 Å². The quantitative estimate of drug-likeness (QED) is 0.566. The van der Waals surface area contributed by atoms with Gasteiger partial charge in [0.15, 0.2) is 0 Å². The van der Waals surface area contributed by atoms with Gasteiger partial charge in [-0.05, 0) is 56.4 Å². The third-order valence-electron chi connectivity index (χ3n) is 6.84. The highest BCUT2D eigenvalue weighted by Gasteiger charge is 2.31. The van der Waals surface area contributed by atoms with Gasteiger partial charge in [0.2, 0.25) is 21.8 Å². The molecule has 1 atom stereocenters. The molecule has 1 aliphatic carbocycles. The lowest BCUT2D eigenvalue weighted by Crippen LogP contribution is -2.53. The Morgan fingerprint density at radius 2 is 1.66 bits per heavy atom. The highest BCUT2D eigenvalue weighted by Crippen LogP contribution is 2.25. The van der Waals surface area contributed by atoms with Crippen molar-refractivity contribution in [3.8, 4) is 0 Å². The van der Waals surface area contributed by atoms with Crippen LogP contribution in [0.15, 0.2) is 48.5 Å². The van der Waals surface area contributed by atoms with E-state index in [0.717, 1.165) is 52.9 Å². The van der Waals surface area contributed by atoms with E-state index in [2.05, 4.69) is 5.32 Å². The fourth-order valence-electron chi connectivity index (χ4n) is 4.53. The molecule has 1 aliphatic rings. The van der Waals surface area contributed by atoms with E-state index >= 15 is 0 Å². The van der Waals surface area contributed by atoms with Gasteiger partial charge in [0.1, 0.15) is 12.6 Å². The van der Waals surface area contributed by atoms with Crippen LogP contribution in [-0.4, -0.2) is 50.0 Å². The van der Waals surface area contributed by atoms with Crippen molar-refractivity contribution >= 4 is 27.5 Å². The van der Waals surface area contributed by atoms with Crippen LogP contribution in [0.2, 0.25) is 0 Å². The van der Waals surface area contributed by atoms with Crippen molar-refractivity contribution in [3.05, 3.63) is 65.2 Å². The zero-order valence-electron chi connectivity index (χ0n) is 21.2. The predicted octanol–water partition coefficient (Wildman–Crippen LogP) is 3.94. The zero-order chi connectivity index (χ0) is 25.6. The Kier molecular flexibility index (Phi) is 8.94. The number of nitrogens with zero attached hydrogens (tertiary/aromatic N) is 2. The standard InChI is InChI=1S/C27H37N3O4S/c1-20-12-11-17-25(21(20)2)30(35(4,33)34)19-26(31)29(18-23-13-7-5-8-14-23)22(3)27(32)28-24-15-9-6-10-16-24/h5,7-8,11-14,17,22,24H,6,9-10,15-16,18-19H2,1-4H3,(H,28,32)/t22-/m1/s1. The van der Waals surface area contributed by atoms with Crippen LogP contribution in [0, 0.1) is 13.8 Å². The van der Waals surface area contributed by atoms with Crippen LogP contribution in [0.1, 0.15) is 55.7 Å². The molecule has 0 spiro atoms. The summed E-state index contributed by atoms with van der Waals surface area (Å²) in [6.07, 6.45) is 6.35. The molecule has 8 heteroatoms. The first kappa shape index (κ1) is 26.7. The van der Waals surface area contributed by atoms with E-state index < -0.39 is 22.0 Å². The van der Waals surface area contributed by atoms with Gasteiger partial charge in [-0.1, -0.05) is 61.7 Å². The van der Waals surface area contributed by atoms with E-state index in [1.54, 1.807) is 19.1 Å². The van der Waals surface area contributed by atoms with Gasteiger partial charge in [0.25, 0.3) is 0 Å². The monoisotopic (exact) mass is 499 g/mol. The van der Waals surface area contributed by atoms with Crippen molar-refractivity contribution in [2.24, 2.45) is 0 Å². The number of carbonyl (C=O) groups is 2. The molecule has 190 valence electrons. The molecule has 1 fully saturated rings. The number of sulfonamides is 1. The maximum Gasteiger partial charge on any atom is 0.244 e. The van der Waals surface area contributed by atoms with E-state index in [-0.39, 0.29) is 25.0 Å². The molecule has 0 heterocycles. The van der Waals surface area contributed by atoms with Gasteiger partial charge in [-0.3, -0.25) is 13.9 Å². The van der Waals surface area contributed by atoms with Gasteiger partial charge in [0.05, 0.1) is 11.9 Å². The van der Waals surface area contributed by atoms with Crippen LogP contribution in [-0.2, 0) is 26.2 Å². The van der Waals surface area contributed by atoms with Crippen LogP contribution in [0.25, 0.3) is 0 Å². The average molecular weight is 500 g/mol. The highest BCUT2D eigenvalue weighted by molar-refractivity contribution is 7.92. The summed E-state index contributed by atoms with van der Waals surface area (Å²) in [5, 5.41) is 3.11. The fourth-order valence-corrected chi connectivity index (χ4v) is 5.43. The van der Waals surface area contributed by atoms with Crippen molar-refractivity contribution in [2.45, 2.75) is 71.5 Å². The first-order valence-electron chi connectivity index (χ1n) is 12.3. The Hall–Kier alpha value is -2.87. The molecule has 2 aromatic carbocycles. The summed E-state index contributed by atoms with van der Waals surface area (Å²) in [5.41, 5.74) is 3.07. The van der Waals surface area contributed by atoms with Gasteiger partial charge >= 0.3 is 0 Å². The van der Waals surface area contributed by atoms with Crippen molar-refractivity contribution in [3.63, 3.8) is 0 Å². The molecule has 0 aliphatic heterocycles. The second-order valence-corrected chi connectivity index (χ2v) is 11.4. The van der Waals surface area contributed by atoms with Gasteiger partial charge in [0, 0.05) is 12.6 Å². The molecule has 2 aromatic rings. The highest BCUT2D eigenvalue weighted by atomic mass is 32.2. The summed E-state index contributed by atoms with van der Waals surface area (Å²) in [4.78, 5) is 28.3. The number of aryl methyl sites for hydroxylation is 1. The van der Waals surface area contributed by atoms with E-state index in [4.69, 9.17) is 0 Å². The lowest BCUT2D eigenvalue weighted by atomic mass is 9.95. The topological polar surface area (TPSA) is 86.8 Å². The van der Waals surface area contributed by atoms with Gasteiger partial charge in [-0.15, -0.1) is 0 Å². The second-order valence-electron chi connectivity index (χ2n) is 9.52. The average Bonchev–Trinajstić information content (AvgIpc) is 2.83. The Bertz CT molecular complexity index is 1130. The molecule has 35 heavy (non-hydrogen) atoms. The Labute approximate surface area is 209 Å². The van der Waals surface area contributed by atoms with Crippen LogP contribution >= 0.6 is 0 Å². The van der Waals surface area contributed by atoms with Crippen molar-refractivity contribution in [1.82, 2.24) is 10.2 Å². The number of hydrogen-bond acceptors (Lipinski definition) is 4. The van der Waals surface area contributed by atoms with Crippen molar-refractivity contribution in [1.29, 1.82) is 0 Å². The minimum absolute atomic E-state index is 0.120. The van der Waals surface area contributed by atoms with E-state index in [0.29, 0.717) is 5.69 Å². The summed E-state index contributed by atoms with van der Waals surface area (Å²) < 4.78 is 26.6. The van der Waals surface area contributed by atoms with Gasteiger partial charge < -0.3 is 10.2 Å². The first-order chi connectivity index (χ1) is 16.6. The summed E-state index contributed by atoms with van der Waals surface area (Å²) in [7, 11) is -3.74. The summed E-state index contributed by atoms with van der Waals surface area (Å²) in [6, 6.07) is 14.2. The fraction of sp³-hybridized carbons (Fsp3) is 0.481. The third kappa shape index (κ3) is 7.07. The number of amides is 2. The number of rotatable bonds is 9. The molecular weight excluding hydrogens is 462 g/mol. The van der Waals surface area contributed by atoms with E-state index in [1.165, 1.54) is 11.3 Å². The lowest BCUT2D eigenvalue weighted by molar-refractivity contribution is -0.139. The second kappa shape index (κ2) is 11.7. The maximum atomic E-state index is 13.7.